The van der Waals surface area contributed by atoms with E-state index in [9.17, 15) is 18.0 Å². The number of ether oxygens (including phenoxy) is 1. The third kappa shape index (κ3) is 6.65. The standard InChI is InChI=1S/C27H37F3N2O2/c1-4-5-6-7-8-9-10-13-16-34-23-18-21(17-20-14-11-12-15-22(20)23)24(27(28,29)30)32-19-26(2,3)25(33)31-32/h11-12,14-15,17-18,24H,4-10,13,16,19H2,1-3H3,(H,31,33). The lowest BCUT2D eigenvalue weighted by Crippen LogP contribution is -2.43. The second-order valence-corrected chi connectivity index (χ2v) is 9.96. The van der Waals surface area contributed by atoms with Gasteiger partial charge in [-0.15, -0.1) is 0 Å². The Morgan fingerprint density at radius 2 is 1.68 bits per heavy atom. The van der Waals surface area contributed by atoms with Crippen LogP contribution in [0.3, 0.4) is 0 Å². The van der Waals surface area contributed by atoms with E-state index in [2.05, 4.69) is 12.3 Å². The number of carbonyl (C=O) groups is 1. The lowest BCUT2D eigenvalue weighted by molar-refractivity contribution is -0.191. The van der Waals surface area contributed by atoms with Crippen molar-refractivity contribution >= 4 is 16.7 Å². The second-order valence-electron chi connectivity index (χ2n) is 9.96. The van der Waals surface area contributed by atoms with Crippen molar-refractivity contribution in [3.8, 4) is 5.75 Å². The first-order chi connectivity index (χ1) is 16.1. The van der Waals surface area contributed by atoms with Gasteiger partial charge >= 0.3 is 6.18 Å². The summed E-state index contributed by atoms with van der Waals surface area (Å²) in [5, 5.41) is 2.48. The van der Waals surface area contributed by atoms with Gasteiger partial charge in [0.15, 0.2) is 0 Å². The summed E-state index contributed by atoms with van der Waals surface area (Å²) in [5.74, 6) is 0.0452. The number of halogens is 3. The Morgan fingerprint density at radius 3 is 2.29 bits per heavy atom. The molecule has 0 bridgehead atoms. The van der Waals surface area contributed by atoms with E-state index in [1.807, 2.05) is 12.1 Å². The van der Waals surface area contributed by atoms with Crippen molar-refractivity contribution in [3.63, 3.8) is 0 Å². The normalized spacial score (nSPS) is 17.2. The number of carbonyl (C=O) groups excluding carboxylic acids is 1. The molecule has 1 saturated heterocycles. The van der Waals surface area contributed by atoms with Gasteiger partial charge < -0.3 is 4.74 Å². The highest BCUT2D eigenvalue weighted by molar-refractivity contribution is 5.89. The SMILES string of the molecule is CCCCCCCCCCOc1cc(C(N2CC(C)(C)C(=O)N2)C(F)(F)F)cc2ccccc12. The number of nitrogens with one attached hydrogen (secondary N) is 1. The fourth-order valence-corrected chi connectivity index (χ4v) is 4.51. The molecule has 4 nitrogen and oxygen atoms in total. The number of amides is 1. The maximum atomic E-state index is 14.2. The first-order valence-corrected chi connectivity index (χ1v) is 12.4. The second kappa shape index (κ2) is 11.4. The molecule has 1 N–H and O–H groups in total. The summed E-state index contributed by atoms with van der Waals surface area (Å²) >= 11 is 0. The molecule has 188 valence electrons. The Bertz CT molecular complexity index is 959. The predicted octanol–water partition coefficient (Wildman–Crippen LogP) is 7.34. The molecule has 0 aliphatic carbocycles. The number of unbranched alkanes of at least 4 members (excludes halogenated alkanes) is 7. The number of hydrogen-bond acceptors (Lipinski definition) is 3. The van der Waals surface area contributed by atoms with Gasteiger partial charge in [-0.1, -0.05) is 76.1 Å². The number of rotatable bonds is 12. The minimum absolute atomic E-state index is 0.0305. The molecule has 34 heavy (non-hydrogen) atoms. The summed E-state index contributed by atoms with van der Waals surface area (Å²) in [7, 11) is 0. The molecule has 0 aromatic heterocycles. The number of fused-ring (bicyclic) bond motifs is 1. The average molecular weight is 479 g/mol. The lowest BCUT2D eigenvalue weighted by atomic mass is 9.93. The van der Waals surface area contributed by atoms with Crippen molar-refractivity contribution in [2.45, 2.75) is 84.4 Å². The predicted molar refractivity (Wildman–Crippen MR) is 129 cm³/mol. The zero-order chi connectivity index (χ0) is 24.8. The maximum Gasteiger partial charge on any atom is 0.409 e. The first kappa shape index (κ1) is 26.3. The topological polar surface area (TPSA) is 41.6 Å². The van der Waals surface area contributed by atoms with E-state index in [1.165, 1.54) is 38.2 Å². The summed E-state index contributed by atoms with van der Waals surface area (Å²) in [6, 6.07) is 8.41. The molecule has 1 fully saturated rings. The van der Waals surface area contributed by atoms with Gasteiger partial charge in [0.25, 0.3) is 0 Å². The Balaban J connectivity index is 1.75. The molecule has 7 heteroatoms. The highest BCUT2D eigenvalue weighted by Gasteiger charge is 2.51. The average Bonchev–Trinajstić information content (AvgIpc) is 3.03. The Hall–Kier alpha value is -2.28. The molecule has 2 aromatic rings. The third-order valence-corrected chi connectivity index (χ3v) is 6.46. The molecule has 3 rings (SSSR count). The number of nitrogens with zero attached hydrogens (tertiary/aromatic N) is 1. The summed E-state index contributed by atoms with van der Waals surface area (Å²) in [5.41, 5.74) is 1.61. The van der Waals surface area contributed by atoms with Crippen molar-refractivity contribution in [2.75, 3.05) is 13.2 Å². The van der Waals surface area contributed by atoms with Crippen LogP contribution in [-0.4, -0.2) is 30.2 Å². The third-order valence-electron chi connectivity index (χ3n) is 6.46. The van der Waals surface area contributed by atoms with Crippen LogP contribution in [0.1, 0.15) is 83.7 Å². The Morgan fingerprint density at radius 1 is 1.03 bits per heavy atom. The van der Waals surface area contributed by atoms with E-state index in [-0.39, 0.29) is 12.1 Å². The van der Waals surface area contributed by atoms with Crippen LogP contribution in [0.15, 0.2) is 36.4 Å². The van der Waals surface area contributed by atoms with E-state index in [1.54, 1.807) is 32.0 Å². The van der Waals surface area contributed by atoms with Gasteiger partial charge in [-0.25, -0.2) is 5.01 Å². The summed E-state index contributed by atoms with van der Waals surface area (Å²) in [4.78, 5) is 12.2. The Kier molecular flexibility index (Phi) is 8.85. The van der Waals surface area contributed by atoms with E-state index in [4.69, 9.17) is 4.74 Å². The number of alkyl halides is 3. The largest absolute Gasteiger partial charge is 0.493 e. The lowest BCUT2D eigenvalue weighted by Gasteiger charge is -2.30. The summed E-state index contributed by atoms with van der Waals surface area (Å²) in [6.07, 6.45) is 4.76. The van der Waals surface area contributed by atoms with Crippen LogP contribution >= 0.6 is 0 Å². The number of benzene rings is 2. The highest BCUT2D eigenvalue weighted by atomic mass is 19.4. The molecule has 0 spiro atoms. The van der Waals surface area contributed by atoms with Gasteiger partial charge in [0.1, 0.15) is 11.8 Å². The van der Waals surface area contributed by atoms with E-state index >= 15 is 0 Å². The smallest absolute Gasteiger partial charge is 0.409 e. The monoisotopic (exact) mass is 478 g/mol. The maximum absolute atomic E-state index is 14.2. The van der Waals surface area contributed by atoms with Gasteiger partial charge in [0, 0.05) is 11.9 Å². The first-order valence-electron chi connectivity index (χ1n) is 12.4. The van der Waals surface area contributed by atoms with Gasteiger partial charge in [-0.2, -0.15) is 13.2 Å². The van der Waals surface area contributed by atoms with Crippen LogP contribution in [-0.2, 0) is 4.79 Å². The van der Waals surface area contributed by atoms with Crippen LogP contribution in [0.5, 0.6) is 5.75 Å². The van der Waals surface area contributed by atoms with Gasteiger partial charge in [-0.05, 0) is 43.4 Å². The van der Waals surface area contributed by atoms with Crippen molar-refractivity contribution < 1.29 is 22.7 Å². The Labute approximate surface area is 200 Å². The molecule has 2 aromatic carbocycles. The molecular weight excluding hydrogens is 441 g/mol. The van der Waals surface area contributed by atoms with Crippen molar-refractivity contribution in [2.24, 2.45) is 5.41 Å². The molecule has 1 aliphatic rings. The van der Waals surface area contributed by atoms with Crippen molar-refractivity contribution in [1.82, 2.24) is 10.4 Å². The molecule has 1 unspecified atom stereocenters. The molecule has 0 radical (unpaired) electrons. The zero-order valence-electron chi connectivity index (χ0n) is 20.5. The highest BCUT2D eigenvalue weighted by Crippen LogP contribution is 2.43. The van der Waals surface area contributed by atoms with Gasteiger partial charge in [0.05, 0.1) is 12.0 Å². The van der Waals surface area contributed by atoms with E-state index in [0.29, 0.717) is 17.7 Å². The molecule has 1 heterocycles. The molecular formula is C27H37F3N2O2. The van der Waals surface area contributed by atoms with Crippen LogP contribution in [0.4, 0.5) is 13.2 Å². The van der Waals surface area contributed by atoms with Crippen LogP contribution in [0.25, 0.3) is 10.8 Å². The zero-order valence-corrected chi connectivity index (χ0v) is 20.5. The van der Waals surface area contributed by atoms with Crippen molar-refractivity contribution in [3.05, 3.63) is 42.0 Å². The minimum atomic E-state index is -4.56. The molecule has 0 saturated carbocycles. The molecule has 1 amide bonds. The summed E-state index contributed by atoms with van der Waals surface area (Å²) < 4.78 is 48.7. The van der Waals surface area contributed by atoms with Gasteiger partial charge in [0.2, 0.25) is 5.91 Å². The minimum Gasteiger partial charge on any atom is -0.493 e. The summed E-state index contributed by atoms with van der Waals surface area (Å²) in [6.45, 7) is 5.93. The quantitative estimate of drug-likeness (QED) is 0.325. The van der Waals surface area contributed by atoms with Crippen molar-refractivity contribution in [1.29, 1.82) is 0 Å². The van der Waals surface area contributed by atoms with Crippen LogP contribution < -0.4 is 10.2 Å². The van der Waals surface area contributed by atoms with E-state index in [0.717, 1.165) is 29.7 Å². The fraction of sp³-hybridized carbons (Fsp3) is 0.593. The molecule has 1 aliphatic heterocycles. The van der Waals surface area contributed by atoms with Gasteiger partial charge in [-0.3, -0.25) is 10.2 Å². The van der Waals surface area contributed by atoms with E-state index < -0.39 is 23.5 Å². The number of hydrogen-bond donors (Lipinski definition) is 1. The fourth-order valence-electron chi connectivity index (χ4n) is 4.51. The van der Waals surface area contributed by atoms with Crippen LogP contribution in [0, 0.1) is 5.41 Å². The molecule has 1 atom stereocenters. The van der Waals surface area contributed by atoms with Crippen LogP contribution in [0.2, 0.25) is 0 Å². The number of hydrazine groups is 1.